The topological polar surface area (TPSA) is 108 Å². The minimum absolute atomic E-state index is 0.0215. The van der Waals surface area contributed by atoms with Crippen molar-refractivity contribution in [2.24, 2.45) is 17.8 Å². The van der Waals surface area contributed by atoms with Gasteiger partial charge >= 0.3 is 5.97 Å². The first kappa shape index (κ1) is 36.3. The first-order valence-electron chi connectivity index (χ1n) is 15.7. The number of nitrogens with one attached hydrogen (secondary N) is 1. The van der Waals surface area contributed by atoms with E-state index in [-0.39, 0.29) is 42.9 Å². The van der Waals surface area contributed by atoms with Crippen LogP contribution >= 0.6 is 0 Å². The molecule has 0 spiro atoms. The van der Waals surface area contributed by atoms with E-state index in [9.17, 15) is 19.5 Å². The van der Waals surface area contributed by atoms with Gasteiger partial charge in [-0.15, -0.1) is 0 Å². The highest BCUT2D eigenvalue weighted by Gasteiger charge is 2.42. The molecular weight excluding hydrogens is 546 g/mol. The number of likely N-dealkylation sites (N-methyl/N-ethyl adjacent to an activating group) is 1. The van der Waals surface area contributed by atoms with E-state index in [0.717, 1.165) is 30.5 Å². The van der Waals surface area contributed by atoms with Crippen LogP contribution in [-0.4, -0.2) is 90.8 Å². The molecule has 1 aliphatic rings. The lowest BCUT2D eigenvalue weighted by molar-refractivity contribution is -0.145. The maximum absolute atomic E-state index is 13.9. The van der Waals surface area contributed by atoms with Crippen molar-refractivity contribution >= 4 is 17.8 Å². The van der Waals surface area contributed by atoms with Gasteiger partial charge in [0.15, 0.2) is 0 Å². The van der Waals surface area contributed by atoms with Crippen LogP contribution in [0.4, 0.5) is 0 Å². The second-order valence-electron chi connectivity index (χ2n) is 12.5. The van der Waals surface area contributed by atoms with Gasteiger partial charge in [-0.1, -0.05) is 78.0 Å². The van der Waals surface area contributed by atoms with Crippen molar-refractivity contribution < 1.29 is 29.0 Å². The standard InChI is InChI=1S/C34H55N3O6/c1-10-23(4)31(36(7)24(5)19-22(2)3)29(42-8)21-30(38)37-18-14-17-28(37)32(43-9)25(6)33(39)35-27(34(40)41)20-26-15-12-11-13-16-26/h11-13,15-16,22-23,25,27-29,31-32H,5,10,14,17-21H2,1-4,6-9H3,(H,35,39)(H,40,41)/t23-,25+,27-,28-,29+,31-,32?/m0/s1. The number of likely N-dealkylation sites (tertiary alicyclic amines) is 1. The Bertz CT molecular complexity index is 1050. The molecule has 0 saturated carbocycles. The second kappa shape index (κ2) is 17.4. The third kappa shape index (κ3) is 10.1. The summed E-state index contributed by atoms with van der Waals surface area (Å²) in [6.45, 7) is 15.3. The number of nitrogens with zero attached hydrogens (tertiary/aromatic N) is 2. The number of allylic oxidation sites excluding steroid dienone is 1. The summed E-state index contributed by atoms with van der Waals surface area (Å²) >= 11 is 0. The number of benzene rings is 1. The SMILES string of the molecule is C=C(CC(C)C)N(C)[C@@H]([C@@H](C)CC)[C@@H](CC(=O)N1CCC[C@H]1C(OC)[C@@H](C)C(=O)N[C@@H](Cc1ccccc1)C(=O)O)OC. The Kier molecular flexibility index (Phi) is 14.7. The quantitative estimate of drug-likeness (QED) is 0.250. The van der Waals surface area contributed by atoms with Gasteiger partial charge in [0.1, 0.15) is 6.04 Å². The zero-order valence-corrected chi connectivity index (χ0v) is 27.5. The normalized spacial score (nSPS) is 19.3. The predicted molar refractivity (Wildman–Crippen MR) is 169 cm³/mol. The third-order valence-electron chi connectivity index (χ3n) is 8.95. The number of carbonyl (C=O) groups is 3. The first-order valence-corrected chi connectivity index (χ1v) is 15.7. The van der Waals surface area contributed by atoms with Crippen LogP contribution in [0.25, 0.3) is 0 Å². The summed E-state index contributed by atoms with van der Waals surface area (Å²) in [5.41, 5.74) is 1.85. The maximum Gasteiger partial charge on any atom is 0.326 e. The summed E-state index contributed by atoms with van der Waals surface area (Å²) in [5.74, 6) is -1.47. The Morgan fingerprint density at radius 1 is 1.09 bits per heavy atom. The predicted octanol–water partition coefficient (Wildman–Crippen LogP) is 4.75. The fourth-order valence-corrected chi connectivity index (χ4v) is 6.34. The van der Waals surface area contributed by atoms with Gasteiger partial charge in [-0.05, 0) is 36.7 Å². The summed E-state index contributed by atoms with van der Waals surface area (Å²) in [7, 11) is 5.24. The third-order valence-corrected chi connectivity index (χ3v) is 8.95. The molecular formula is C34H55N3O6. The van der Waals surface area contributed by atoms with Crippen LogP contribution in [0.2, 0.25) is 0 Å². The molecule has 1 unspecified atom stereocenters. The van der Waals surface area contributed by atoms with E-state index in [1.54, 1.807) is 21.1 Å². The number of hydrogen-bond acceptors (Lipinski definition) is 6. The van der Waals surface area contributed by atoms with Crippen LogP contribution in [0.5, 0.6) is 0 Å². The first-order chi connectivity index (χ1) is 20.4. The largest absolute Gasteiger partial charge is 0.480 e. The van der Waals surface area contributed by atoms with Crippen molar-refractivity contribution in [1.82, 2.24) is 15.1 Å². The number of methoxy groups -OCH3 is 2. The number of ether oxygens (including phenoxy) is 2. The van der Waals surface area contributed by atoms with Gasteiger partial charge in [-0.3, -0.25) is 9.59 Å². The molecule has 9 heteroatoms. The van der Waals surface area contributed by atoms with E-state index < -0.39 is 29.9 Å². The zero-order chi connectivity index (χ0) is 32.3. The molecule has 1 aromatic rings. The Labute approximate surface area is 259 Å². The van der Waals surface area contributed by atoms with E-state index >= 15 is 0 Å². The molecule has 1 heterocycles. The van der Waals surface area contributed by atoms with Crippen molar-refractivity contribution in [3.63, 3.8) is 0 Å². The molecule has 9 nitrogen and oxygen atoms in total. The summed E-state index contributed by atoms with van der Waals surface area (Å²) < 4.78 is 11.8. The highest BCUT2D eigenvalue weighted by molar-refractivity contribution is 5.85. The van der Waals surface area contributed by atoms with Gasteiger partial charge in [-0.25, -0.2) is 4.79 Å². The fraction of sp³-hybridized carbons (Fsp3) is 0.676. The van der Waals surface area contributed by atoms with Gasteiger partial charge in [0.05, 0.1) is 36.6 Å². The summed E-state index contributed by atoms with van der Waals surface area (Å²) in [4.78, 5) is 43.2. The number of rotatable bonds is 18. The smallest absolute Gasteiger partial charge is 0.326 e. The minimum atomic E-state index is -1.10. The van der Waals surface area contributed by atoms with E-state index in [4.69, 9.17) is 9.47 Å². The van der Waals surface area contributed by atoms with Crippen LogP contribution in [0.1, 0.15) is 72.3 Å². The lowest BCUT2D eigenvalue weighted by Crippen LogP contribution is -2.53. The average molecular weight is 602 g/mol. The molecule has 242 valence electrons. The lowest BCUT2D eigenvalue weighted by atomic mass is 9.89. The van der Waals surface area contributed by atoms with Gasteiger partial charge in [0, 0.05) is 39.9 Å². The van der Waals surface area contributed by atoms with E-state index in [1.807, 2.05) is 42.3 Å². The number of carbonyl (C=O) groups excluding carboxylic acids is 2. The molecule has 0 bridgehead atoms. The molecule has 0 aromatic heterocycles. The second-order valence-corrected chi connectivity index (χ2v) is 12.5. The van der Waals surface area contributed by atoms with Gasteiger partial charge < -0.3 is 29.7 Å². The number of hydrogen-bond donors (Lipinski definition) is 2. The zero-order valence-electron chi connectivity index (χ0n) is 27.5. The Morgan fingerprint density at radius 2 is 1.74 bits per heavy atom. The van der Waals surface area contributed by atoms with Crippen molar-refractivity contribution in [3.8, 4) is 0 Å². The average Bonchev–Trinajstić information content (AvgIpc) is 3.46. The van der Waals surface area contributed by atoms with E-state index in [1.165, 1.54) is 0 Å². The van der Waals surface area contributed by atoms with Crippen LogP contribution in [-0.2, 0) is 30.3 Å². The number of amides is 2. The Balaban J connectivity index is 2.18. The number of carboxylic acids is 1. The molecule has 1 aliphatic heterocycles. The molecule has 2 N–H and O–H groups in total. The number of aliphatic carboxylic acids is 1. The monoisotopic (exact) mass is 601 g/mol. The van der Waals surface area contributed by atoms with Crippen LogP contribution in [0.3, 0.4) is 0 Å². The maximum atomic E-state index is 13.9. The van der Waals surface area contributed by atoms with Gasteiger partial charge in [0.2, 0.25) is 11.8 Å². The van der Waals surface area contributed by atoms with Crippen LogP contribution < -0.4 is 5.32 Å². The highest BCUT2D eigenvalue weighted by atomic mass is 16.5. The van der Waals surface area contributed by atoms with Crippen LogP contribution in [0.15, 0.2) is 42.6 Å². The molecule has 43 heavy (non-hydrogen) atoms. The van der Waals surface area contributed by atoms with Crippen molar-refractivity contribution in [2.75, 3.05) is 27.8 Å². The summed E-state index contributed by atoms with van der Waals surface area (Å²) in [5, 5.41) is 12.5. The molecule has 0 radical (unpaired) electrons. The van der Waals surface area contributed by atoms with Crippen molar-refractivity contribution in [2.45, 2.75) is 103 Å². The molecule has 1 saturated heterocycles. The highest BCUT2D eigenvalue weighted by Crippen LogP contribution is 2.30. The lowest BCUT2D eigenvalue weighted by Gasteiger charge is -2.41. The van der Waals surface area contributed by atoms with Crippen molar-refractivity contribution in [1.29, 1.82) is 0 Å². The molecule has 1 aromatic carbocycles. The van der Waals surface area contributed by atoms with E-state index in [0.29, 0.717) is 18.9 Å². The molecule has 7 atom stereocenters. The molecule has 0 aliphatic carbocycles. The summed E-state index contributed by atoms with van der Waals surface area (Å²) in [6, 6.07) is 7.81. The number of carboxylic acid groups (broad SMARTS) is 1. The van der Waals surface area contributed by atoms with Gasteiger partial charge in [-0.2, -0.15) is 0 Å². The van der Waals surface area contributed by atoms with Gasteiger partial charge in [0.25, 0.3) is 0 Å². The Morgan fingerprint density at radius 3 is 2.28 bits per heavy atom. The molecule has 1 fully saturated rings. The summed E-state index contributed by atoms with van der Waals surface area (Å²) in [6.07, 6.45) is 2.76. The Hall–Kier alpha value is -2.91. The van der Waals surface area contributed by atoms with Crippen molar-refractivity contribution in [3.05, 3.63) is 48.2 Å². The minimum Gasteiger partial charge on any atom is -0.480 e. The molecule has 2 amide bonds. The van der Waals surface area contributed by atoms with Crippen LogP contribution in [0, 0.1) is 17.8 Å². The molecule has 2 rings (SSSR count). The fourth-order valence-electron chi connectivity index (χ4n) is 6.34. The van der Waals surface area contributed by atoms with E-state index in [2.05, 4.69) is 44.5 Å².